The van der Waals surface area contributed by atoms with Gasteiger partial charge in [0.15, 0.2) is 5.75 Å². The molecule has 1 aliphatic heterocycles. The summed E-state index contributed by atoms with van der Waals surface area (Å²) in [5.74, 6) is 0.551. The van der Waals surface area contributed by atoms with Crippen molar-refractivity contribution in [1.29, 1.82) is 0 Å². The summed E-state index contributed by atoms with van der Waals surface area (Å²) in [6, 6.07) is 7.71. The maximum Gasteiger partial charge on any atom is 0.311 e. The third-order valence-electron chi connectivity index (χ3n) is 4.07. The molecule has 0 unspecified atom stereocenters. The van der Waals surface area contributed by atoms with Crippen LogP contribution in [0.4, 0.5) is 17.2 Å². The molecule has 2 heterocycles. The van der Waals surface area contributed by atoms with Crippen LogP contribution in [-0.2, 0) is 0 Å². The fraction of sp³-hybridized carbons (Fsp3) is 0.294. The molecule has 2 aromatic rings. The molecule has 1 aromatic carbocycles. The number of nitro benzene ring substituents is 1. The van der Waals surface area contributed by atoms with Crippen LogP contribution in [0.3, 0.4) is 0 Å². The zero-order chi connectivity index (χ0) is 17.8. The van der Waals surface area contributed by atoms with Gasteiger partial charge >= 0.3 is 5.69 Å². The number of hydrogen-bond donors (Lipinski definition) is 1. The molecule has 0 radical (unpaired) electrons. The summed E-state index contributed by atoms with van der Waals surface area (Å²) in [5.41, 5.74) is 0.459. The second kappa shape index (κ2) is 7.16. The van der Waals surface area contributed by atoms with Gasteiger partial charge in [-0.15, -0.1) is 0 Å². The first kappa shape index (κ1) is 16.7. The Bertz CT molecular complexity index is 786. The smallest absolute Gasteiger partial charge is 0.311 e. The van der Waals surface area contributed by atoms with Gasteiger partial charge < -0.3 is 15.0 Å². The third kappa shape index (κ3) is 3.68. The van der Waals surface area contributed by atoms with Crippen molar-refractivity contribution < 1.29 is 14.5 Å². The van der Waals surface area contributed by atoms with Crippen LogP contribution in [0.5, 0.6) is 5.75 Å². The molecule has 8 heteroatoms. The SMILES string of the molecule is COc1ccc(C(=O)Nc2ccc(N3CCCC3)nc2)cc1[N+](=O)[O-]. The summed E-state index contributed by atoms with van der Waals surface area (Å²) in [6.45, 7) is 1.99. The predicted molar refractivity (Wildman–Crippen MR) is 93.3 cm³/mol. The second-order valence-electron chi connectivity index (χ2n) is 5.70. The van der Waals surface area contributed by atoms with Crippen molar-refractivity contribution in [2.75, 3.05) is 30.4 Å². The number of ether oxygens (including phenoxy) is 1. The summed E-state index contributed by atoms with van der Waals surface area (Å²) >= 11 is 0. The minimum Gasteiger partial charge on any atom is -0.490 e. The molecule has 1 N–H and O–H groups in total. The van der Waals surface area contributed by atoms with Crippen molar-refractivity contribution in [1.82, 2.24) is 4.98 Å². The molecule has 0 saturated carbocycles. The van der Waals surface area contributed by atoms with Crippen LogP contribution in [-0.4, -0.2) is 36.0 Å². The van der Waals surface area contributed by atoms with E-state index in [2.05, 4.69) is 15.2 Å². The Balaban J connectivity index is 1.73. The Morgan fingerprint density at radius 2 is 2.04 bits per heavy atom. The molecule has 1 fully saturated rings. The molecule has 1 saturated heterocycles. The molecule has 8 nitrogen and oxygen atoms in total. The molecule has 130 valence electrons. The van der Waals surface area contributed by atoms with Gasteiger partial charge in [0, 0.05) is 24.7 Å². The van der Waals surface area contributed by atoms with Gasteiger partial charge in [-0.05, 0) is 37.1 Å². The fourth-order valence-corrected chi connectivity index (χ4v) is 2.77. The number of nitrogens with zero attached hydrogens (tertiary/aromatic N) is 3. The number of hydrogen-bond acceptors (Lipinski definition) is 6. The van der Waals surface area contributed by atoms with Gasteiger partial charge in [0.1, 0.15) is 5.82 Å². The van der Waals surface area contributed by atoms with Crippen molar-refractivity contribution in [3.63, 3.8) is 0 Å². The zero-order valence-corrected chi connectivity index (χ0v) is 13.8. The number of methoxy groups -OCH3 is 1. The number of rotatable bonds is 5. The second-order valence-corrected chi connectivity index (χ2v) is 5.70. The van der Waals surface area contributed by atoms with E-state index in [4.69, 9.17) is 4.74 Å². The Labute approximate surface area is 144 Å². The van der Waals surface area contributed by atoms with Gasteiger partial charge in [0.05, 0.1) is 23.9 Å². The molecule has 0 atom stereocenters. The van der Waals surface area contributed by atoms with Gasteiger partial charge in [0.25, 0.3) is 5.91 Å². The Morgan fingerprint density at radius 3 is 2.64 bits per heavy atom. The van der Waals surface area contributed by atoms with Crippen LogP contribution >= 0.6 is 0 Å². The Hall–Kier alpha value is -3.16. The molecule has 1 amide bonds. The lowest BCUT2D eigenvalue weighted by Crippen LogP contribution is -2.19. The summed E-state index contributed by atoms with van der Waals surface area (Å²) < 4.78 is 4.93. The van der Waals surface area contributed by atoms with E-state index in [1.807, 2.05) is 6.07 Å². The van der Waals surface area contributed by atoms with Crippen molar-refractivity contribution in [2.45, 2.75) is 12.8 Å². The highest BCUT2D eigenvalue weighted by atomic mass is 16.6. The van der Waals surface area contributed by atoms with Crippen LogP contribution < -0.4 is 15.0 Å². The van der Waals surface area contributed by atoms with Gasteiger partial charge in [-0.25, -0.2) is 4.98 Å². The lowest BCUT2D eigenvalue weighted by Gasteiger charge is -2.16. The van der Waals surface area contributed by atoms with Crippen molar-refractivity contribution in [3.8, 4) is 5.75 Å². The summed E-state index contributed by atoms with van der Waals surface area (Å²) in [4.78, 5) is 29.3. The van der Waals surface area contributed by atoms with Crippen LogP contribution in [0.25, 0.3) is 0 Å². The molecule has 0 spiro atoms. The first-order chi connectivity index (χ1) is 12.1. The number of nitro groups is 1. The van der Waals surface area contributed by atoms with E-state index >= 15 is 0 Å². The first-order valence-electron chi connectivity index (χ1n) is 7.93. The third-order valence-corrected chi connectivity index (χ3v) is 4.07. The predicted octanol–water partition coefficient (Wildman–Crippen LogP) is 2.85. The van der Waals surface area contributed by atoms with Crippen LogP contribution in [0.2, 0.25) is 0 Å². The highest BCUT2D eigenvalue weighted by Gasteiger charge is 2.18. The van der Waals surface area contributed by atoms with Gasteiger partial charge in [0.2, 0.25) is 0 Å². The van der Waals surface area contributed by atoms with Crippen LogP contribution in [0.1, 0.15) is 23.2 Å². The quantitative estimate of drug-likeness (QED) is 0.663. The van der Waals surface area contributed by atoms with E-state index < -0.39 is 10.8 Å². The molecule has 1 aromatic heterocycles. The summed E-state index contributed by atoms with van der Waals surface area (Å²) in [5, 5.41) is 13.8. The van der Waals surface area contributed by atoms with E-state index in [0.717, 1.165) is 31.7 Å². The Morgan fingerprint density at radius 1 is 1.28 bits per heavy atom. The molecule has 0 aliphatic carbocycles. The van der Waals surface area contributed by atoms with E-state index in [-0.39, 0.29) is 17.0 Å². The number of nitrogens with one attached hydrogen (secondary N) is 1. The minimum atomic E-state index is -0.581. The molecule has 25 heavy (non-hydrogen) atoms. The zero-order valence-electron chi connectivity index (χ0n) is 13.8. The average molecular weight is 342 g/mol. The number of amides is 1. The topological polar surface area (TPSA) is 97.6 Å². The Kier molecular flexibility index (Phi) is 4.78. The van der Waals surface area contributed by atoms with Gasteiger partial charge in [-0.1, -0.05) is 0 Å². The normalized spacial score (nSPS) is 13.6. The summed E-state index contributed by atoms with van der Waals surface area (Å²) in [7, 11) is 1.34. The summed E-state index contributed by atoms with van der Waals surface area (Å²) in [6.07, 6.45) is 3.91. The fourth-order valence-electron chi connectivity index (χ4n) is 2.77. The lowest BCUT2D eigenvalue weighted by atomic mass is 10.1. The number of benzene rings is 1. The molecule has 0 bridgehead atoms. The first-order valence-corrected chi connectivity index (χ1v) is 7.93. The molecular weight excluding hydrogens is 324 g/mol. The number of carbonyl (C=O) groups excluding carboxylic acids is 1. The number of anilines is 2. The number of aromatic nitrogens is 1. The lowest BCUT2D eigenvalue weighted by molar-refractivity contribution is -0.385. The monoisotopic (exact) mass is 342 g/mol. The molecule has 3 rings (SSSR count). The van der Waals surface area contributed by atoms with Crippen LogP contribution in [0.15, 0.2) is 36.5 Å². The molecular formula is C17H18N4O4. The highest BCUT2D eigenvalue weighted by Crippen LogP contribution is 2.28. The van der Waals surface area contributed by atoms with Gasteiger partial charge in [-0.3, -0.25) is 14.9 Å². The van der Waals surface area contributed by atoms with Crippen molar-refractivity contribution in [2.24, 2.45) is 0 Å². The maximum absolute atomic E-state index is 12.3. The largest absolute Gasteiger partial charge is 0.490 e. The van der Waals surface area contributed by atoms with E-state index in [1.54, 1.807) is 12.3 Å². The number of carbonyl (C=O) groups is 1. The van der Waals surface area contributed by atoms with E-state index in [1.165, 1.54) is 25.3 Å². The standard InChI is InChI=1S/C17H18N4O4/c1-25-15-6-4-12(10-14(15)21(23)24)17(22)19-13-5-7-16(18-11-13)20-8-2-3-9-20/h4-7,10-11H,2-3,8-9H2,1H3,(H,19,22). The highest BCUT2D eigenvalue weighted by molar-refractivity contribution is 6.04. The van der Waals surface area contributed by atoms with Crippen molar-refractivity contribution >= 4 is 23.1 Å². The van der Waals surface area contributed by atoms with E-state index in [9.17, 15) is 14.9 Å². The van der Waals surface area contributed by atoms with Gasteiger partial charge in [-0.2, -0.15) is 0 Å². The minimum absolute atomic E-state index is 0.109. The molecule has 1 aliphatic rings. The maximum atomic E-state index is 12.3. The van der Waals surface area contributed by atoms with Crippen LogP contribution in [0, 0.1) is 10.1 Å². The average Bonchev–Trinajstić information content (AvgIpc) is 3.16. The van der Waals surface area contributed by atoms with Crippen molar-refractivity contribution in [3.05, 3.63) is 52.2 Å². The van der Waals surface area contributed by atoms with E-state index in [0.29, 0.717) is 5.69 Å². The number of pyridine rings is 1.